The Balaban J connectivity index is 1.68. The van der Waals surface area contributed by atoms with Crippen LogP contribution in [-0.2, 0) is 11.3 Å². The van der Waals surface area contributed by atoms with Gasteiger partial charge in [0.2, 0.25) is 0 Å². The maximum absolute atomic E-state index is 13.0. The molecule has 0 aliphatic heterocycles. The van der Waals surface area contributed by atoms with Crippen molar-refractivity contribution in [3.05, 3.63) is 36.3 Å². The molecule has 150 valence electrons. The zero-order chi connectivity index (χ0) is 19.9. The van der Waals surface area contributed by atoms with Gasteiger partial charge in [-0.05, 0) is 49.3 Å². The van der Waals surface area contributed by atoms with Gasteiger partial charge in [-0.25, -0.2) is 9.78 Å². The third kappa shape index (κ3) is 5.93. The number of carbonyl (C=O) groups is 2. The second-order valence-electron chi connectivity index (χ2n) is 6.99. The summed E-state index contributed by atoms with van der Waals surface area (Å²) in [5, 5.41) is 12.2. The Bertz CT molecular complexity index is 791. The van der Waals surface area contributed by atoms with Gasteiger partial charge >= 0.3 is 12.0 Å². The van der Waals surface area contributed by atoms with Gasteiger partial charge in [-0.15, -0.1) is 11.8 Å². The minimum Gasteiger partial charge on any atom is -0.481 e. The largest absolute Gasteiger partial charge is 0.481 e. The van der Waals surface area contributed by atoms with Gasteiger partial charge in [-0.3, -0.25) is 15.1 Å². The Morgan fingerprint density at radius 2 is 2.00 bits per heavy atom. The van der Waals surface area contributed by atoms with Crippen LogP contribution in [0, 0.1) is 5.92 Å². The molecule has 0 bridgehead atoms. The molecule has 0 atom stereocenters. The van der Waals surface area contributed by atoms with Crippen molar-refractivity contribution >= 4 is 40.2 Å². The van der Waals surface area contributed by atoms with Crippen LogP contribution in [0.25, 0.3) is 0 Å². The van der Waals surface area contributed by atoms with Crippen molar-refractivity contribution in [3.8, 4) is 0 Å². The zero-order valence-corrected chi connectivity index (χ0v) is 17.3. The van der Waals surface area contributed by atoms with Gasteiger partial charge in [0, 0.05) is 25.0 Å². The lowest BCUT2D eigenvalue weighted by Gasteiger charge is -2.36. The molecule has 2 N–H and O–H groups in total. The summed E-state index contributed by atoms with van der Waals surface area (Å²) in [6.45, 7) is 2.79. The fourth-order valence-corrected chi connectivity index (χ4v) is 4.87. The Morgan fingerprint density at radius 1 is 1.29 bits per heavy atom. The summed E-state index contributed by atoms with van der Waals surface area (Å²) in [5.74, 6) is -0.196. The average Bonchev–Trinajstić information content (AvgIpc) is 3.13. The molecule has 2 heterocycles. The van der Waals surface area contributed by atoms with Crippen LogP contribution in [0.4, 0.5) is 9.93 Å². The highest BCUT2D eigenvalue weighted by Gasteiger charge is 2.28. The highest BCUT2D eigenvalue weighted by atomic mass is 32.2. The predicted octanol–water partition coefficient (Wildman–Crippen LogP) is 4.33. The summed E-state index contributed by atoms with van der Waals surface area (Å²) in [5.41, 5.74) is 1.04. The normalized spacial score (nSPS) is 19.2. The molecule has 1 aliphatic carbocycles. The molecule has 0 saturated heterocycles. The number of carboxylic acids is 1. The summed E-state index contributed by atoms with van der Waals surface area (Å²) in [4.78, 5) is 33.9. The van der Waals surface area contributed by atoms with Gasteiger partial charge < -0.3 is 10.0 Å². The third-order valence-corrected chi connectivity index (χ3v) is 6.92. The van der Waals surface area contributed by atoms with E-state index in [-0.39, 0.29) is 17.8 Å². The number of urea groups is 1. The lowest BCUT2D eigenvalue weighted by atomic mass is 9.86. The van der Waals surface area contributed by atoms with Crippen LogP contribution in [0.5, 0.6) is 0 Å². The molecule has 2 aromatic rings. The lowest BCUT2D eigenvalue weighted by Crippen LogP contribution is -2.44. The van der Waals surface area contributed by atoms with E-state index in [1.165, 1.54) is 23.1 Å². The Hall–Kier alpha value is -2.13. The second-order valence-corrected chi connectivity index (χ2v) is 9.30. The molecule has 1 saturated carbocycles. The molecular formula is C19H24N4O3S2. The molecule has 2 aromatic heterocycles. The van der Waals surface area contributed by atoms with Crippen molar-refractivity contribution in [2.24, 2.45) is 5.92 Å². The van der Waals surface area contributed by atoms with Crippen molar-refractivity contribution in [2.75, 3.05) is 11.1 Å². The van der Waals surface area contributed by atoms with Crippen LogP contribution in [0.1, 0.15) is 38.2 Å². The average molecular weight is 421 g/mol. The number of aromatic nitrogens is 2. The first-order valence-corrected chi connectivity index (χ1v) is 11.1. The number of hydrogen-bond acceptors (Lipinski definition) is 6. The van der Waals surface area contributed by atoms with E-state index in [1.807, 2.05) is 17.0 Å². The Kier molecular flexibility index (Phi) is 7.27. The SMILES string of the molecule is C[C@H]1CC[C@H](N(Cc2ccncc2)C(=O)Nc2ncc(SCC(=O)O)s2)CC1. The fraction of sp³-hybridized carbons (Fsp3) is 0.474. The quantitative estimate of drug-likeness (QED) is 0.648. The molecule has 1 fully saturated rings. The molecule has 2 amide bonds. The molecule has 7 nitrogen and oxygen atoms in total. The topological polar surface area (TPSA) is 95.4 Å². The molecule has 9 heteroatoms. The lowest BCUT2D eigenvalue weighted by molar-refractivity contribution is -0.133. The summed E-state index contributed by atoms with van der Waals surface area (Å²) < 4.78 is 0.768. The van der Waals surface area contributed by atoms with Crippen LogP contribution in [0.15, 0.2) is 34.9 Å². The van der Waals surface area contributed by atoms with E-state index < -0.39 is 5.97 Å². The molecule has 0 radical (unpaired) electrons. The first kappa shape index (κ1) is 20.6. The number of aliphatic carboxylic acids is 1. The maximum atomic E-state index is 13.0. The monoisotopic (exact) mass is 420 g/mol. The molecule has 0 aromatic carbocycles. The second kappa shape index (κ2) is 9.88. The van der Waals surface area contributed by atoms with E-state index in [0.717, 1.165) is 35.5 Å². The first-order chi connectivity index (χ1) is 13.5. The minimum atomic E-state index is -0.876. The molecular weight excluding hydrogens is 396 g/mol. The number of carboxylic acid groups (broad SMARTS) is 1. The smallest absolute Gasteiger partial charge is 0.324 e. The number of anilines is 1. The molecule has 3 rings (SSSR count). The summed E-state index contributed by atoms with van der Waals surface area (Å²) in [7, 11) is 0. The van der Waals surface area contributed by atoms with Crippen molar-refractivity contribution in [2.45, 2.75) is 49.4 Å². The summed E-state index contributed by atoms with van der Waals surface area (Å²) in [6.07, 6.45) is 9.32. The van der Waals surface area contributed by atoms with Crippen molar-refractivity contribution in [1.82, 2.24) is 14.9 Å². The number of hydrogen-bond donors (Lipinski definition) is 2. The van der Waals surface area contributed by atoms with E-state index in [2.05, 4.69) is 22.2 Å². The first-order valence-electron chi connectivity index (χ1n) is 9.28. The van der Waals surface area contributed by atoms with Crippen LogP contribution >= 0.6 is 23.1 Å². The van der Waals surface area contributed by atoms with Gasteiger partial charge in [0.1, 0.15) is 0 Å². The van der Waals surface area contributed by atoms with Crippen LogP contribution < -0.4 is 5.32 Å². The van der Waals surface area contributed by atoms with E-state index >= 15 is 0 Å². The molecule has 28 heavy (non-hydrogen) atoms. The van der Waals surface area contributed by atoms with Crippen LogP contribution in [-0.4, -0.2) is 43.8 Å². The van der Waals surface area contributed by atoms with E-state index in [0.29, 0.717) is 17.6 Å². The molecule has 0 unspecified atom stereocenters. The van der Waals surface area contributed by atoms with Crippen molar-refractivity contribution < 1.29 is 14.7 Å². The number of carbonyl (C=O) groups excluding carboxylic acids is 1. The van der Waals surface area contributed by atoms with Crippen molar-refractivity contribution in [3.63, 3.8) is 0 Å². The minimum absolute atomic E-state index is 0.0238. The highest BCUT2D eigenvalue weighted by molar-refractivity contribution is 8.01. The third-order valence-electron chi connectivity index (χ3n) is 4.83. The van der Waals surface area contributed by atoms with Gasteiger partial charge in [-0.1, -0.05) is 18.3 Å². The van der Waals surface area contributed by atoms with Gasteiger partial charge in [0.05, 0.1) is 16.2 Å². The number of thiazole rings is 1. The summed E-state index contributed by atoms with van der Waals surface area (Å²) in [6, 6.07) is 3.89. The number of nitrogens with one attached hydrogen (secondary N) is 1. The standard InChI is InChI=1S/C19H24N4O3S2/c1-13-2-4-15(5-3-13)23(11-14-6-8-20-9-7-14)19(26)22-18-21-10-17(28-18)27-12-16(24)25/h6-10,13,15H,2-5,11-12H2,1H3,(H,24,25)(H,21,22,26)/t13-,15-. The van der Waals surface area contributed by atoms with Crippen LogP contribution in [0.2, 0.25) is 0 Å². The number of nitrogens with zero attached hydrogens (tertiary/aromatic N) is 3. The van der Waals surface area contributed by atoms with Gasteiger partial charge in [0.25, 0.3) is 0 Å². The Morgan fingerprint density at radius 3 is 2.68 bits per heavy atom. The molecule has 1 aliphatic rings. The predicted molar refractivity (Wildman–Crippen MR) is 111 cm³/mol. The summed E-state index contributed by atoms with van der Waals surface area (Å²) >= 11 is 2.49. The maximum Gasteiger partial charge on any atom is 0.324 e. The van der Waals surface area contributed by atoms with E-state index in [4.69, 9.17) is 5.11 Å². The number of pyridine rings is 1. The van der Waals surface area contributed by atoms with Gasteiger partial charge in [-0.2, -0.15) is 0 Å². The van der Waals surface area contributed by atoms with E-state index in [9.17, 15) is 9.59 Å². The number of thioether (sulfide) groups is 1. The number of amides is 2. The highest BCUT2D eigenvalue weighted by Crippen LogP contribution is 2.31. The van der Waals surface area contributed by atoms with Gasteiger partial charge in [0.15, 0.2) is 5.13 Å². The van der Waals surface area contributed by atoms with Crippen LogP contribution in [0.3, 0.4) is 0 Å². The fourth-order valence-electron chi connectivity index (χ4n) is 3.29. The zero-order valence-electron chi connectivity index (χ0n) is 15.7. The van der Waals surface area contributed by atoms with E-state index in [1.54, 1.807) is 18.6 Å². The van der Waals surface area contributed by atoms with Crippen molar-refractivity contribution in [1.29, 1.82) is 0 Å². The molecule has 0 spiro atoms. The Labute approximate surface area is 172 Å². The number of rotatable bonds is 7.